The van der Waals surface area contributed by atoms with Crippen molar-refractivity contribution in [3.63, 3.8) is 0 Å². The maximum atomic E-state index is 14.4. The number of nitrogens with one attached hydrogen (secondary N) is 2. The second-order valence-electron chi connectivity index (χ2n) is 19.6. The van der Waals surface area contributed by atoms with Gasteiger partial charge in [-0.1, -0.05) is 178 Å². The van der Waals surface area contributed by atoms with Crippen molar-refractivity contribution in [2.24, 2.45) is 0 Å². The van der Waals surface area contributed by atoms with Gasteiger partial charge in [0.25, 0.3) is 0 Å². The smallest absolute Gasteiger partial charge is 0.408 e. The van der Waals surface area contributed by atoms with Gasteiger partial charge in [-0.2, -0.15) is 11.8 Å². The number of nitrogens with zero attached hydrogens (tertiary/aromatic N) is 1. The van der Waals surface area contributed by atoms with Crippen molar-refractivity contribution < 1.29 is 52.1 Å². The maximum absolute atomic E-state index is 14.4. The summed E-state index contributed by atoms with van der Waals surface area (Å²) in [5.41, 5.74) is 4.15. The zero-order chi connectivity index (χ0) is 53.5. The Morgan fingerprint density at radius 1 is 0.622 bits per heavy atom. The fourth-order valence-corrected chi connectivity index (χ4v) is 12.0. The summed E-state index contributed by atoms with van der Waals surface area (Å²) < 4.78 is 47.1. The van der Waals surface area contributed by atoms with Gasteiger partial charge < -0.3 is 43.7 Å². The number of rotatable bonds is 48. The van der Waals surface area contributed by atoms with Gasteiger partial charge in [0, 0.05) is 43.7 Å². The third-order valence-electron chi connectivity index (χ3n) is 13.5. The molecule has 3 atom stereocenters. The second-order valence-corrected chi connectivity index (χ2v) is 22.8. The molecule has 0 aromatic heterocycles. The molecule has 0 aliphatic heterocycles. The number of fused-ring (bicyclic) bond motifs is 3. The van der Waals surface area contributed by atoms with Crippen molar-refractivity contribution in [2.45, 2.75) is 187 Å². The lowest BCUT2D eigenvalue weighted by Crippen LogP contribution is -2.56. The third-order valence-corrected chi connectivity index (χ3v) is 16.7. The number of hydrogen-bond acceptors (Lipinski definition) is 11. The molecule has 74 heavy (non-hydrogen) atoms. The molecule has 0 fully saturated rings. The van der Waals surface area contributed by atoms with Crippen LogP contribution in [-0.2, 0) is 42.1 Å². The van der Waals surface area contributed by atoms with Gasteiger partial charge in [-0.3, -0.25) is 19.1 Å². The Morgan fingerprint density at radius 2 is 1.12 bits per heavy atom. The Kier molecular flexibility index (Phi) is 36.3. The molecule has 2 aromatic rings. The first kappa shape index (κ1) is 65.3. The topological polar surface area (TPSA) is 171 Å². The summed E-state index contributed by atoms with van der Waals surface area (Å²) in [6, 6.07) is 14.0. The summed E-state index contributed by atoms with van der Waals surface area (Å²) >= 11 is 1.48. The number of hydrogen-bond donors (Lipinski definition) is 3. The van der Waals surface area contributed by atoms with Gasteiger partial charge >= 0.3 is 13.7 Å². The molecule has 1 aliphatic carbocycles. The van der Waals surface area contributed by atoms with Crippen LogP contribution in [0.25, 0.3) is 11.1 Å². The van der Waals surface area contributed by atoms with E-state index in [0.29, 0.717) is 25.6 Å². The highest BCUT2D eigenvalue weighted by molar-refractivity contribution is 7.99. The van der Waals surface area contributed by atoms with E-state index in [9.17, 15) is 24.1 Å². The SMILES string of the molecule is CCCCCCCCCCCCOC[C@H](CSC[C@@H](C(=O)N[C@@H](C)C(=O)NCCOCCOCCP(=O)(OCC)OCC)N(CC1c2ccccc2-c2ccccc21)C(=O)O)OCCCCCCCCCCCC. The van der Waals surface area contributed by atoms with Crippen LogP contribution >= 0.6 is 19.4 Å². The summed E-state index contributed by atoms with van der Waals surface area (Å²) in [6.45, 7) is 13.0. The number of ether oxygens (including phenoxy) is 4. The van der Waals surface area contributed by atoms with E-state index in [1.165, 1.54) is 119 Å². The molecule has 16 heteroatoms. The number of unbranched alkanes of at least 4 members (excludes halogenated alkanes) is 18. The number of benzene rings is 2. The Balaban J connectivity index is 1.63. The lowest BCUT2D eigenvalue weighted by molar-refractivity contribution is -0.130. The zero-order valence-electron chi connectivity index (χ0n) is 46.3. The van der Waals surface area contributed by atoms with Crippen LogP contribution in [0.4, 0.5) is 4.79 Å². The monoisotopic (exact) mass is 1080 g/mol. The van der Waals surface area contributed by atoms with E-state index in [0.717, 1.165) is 47.9 Å². The average Bonchev–Trinajstić information content (AvgIpc) is 3.71. The van der Waals surface area contributed by atoms with Crippen molar-refractivity contribution in [3.8, 4) is 11.1 Å². The Morgan fingerprint density at radius 3 is 1.65 bits per heavy atom. The van der Waals surface area contributed by atoms with E-state index >= 15 is 0 Å². The van der Waals surface area contributed by atoms with E-state index in [4.69, 9.17) is 28.0 Å². The zero-order valence-corrected chi connectivity index (χ0v) is 48.0. The minimum absolute atomic E-state index is 0.0582. The summed E-state index contributed by atoms with van der Waals surface area (Å²) in [7, 11) is -3.18. The van der Waals surface area contributed by atoms with Crippen LogP contribution in [0.2, 0.25) is 0 Å². The fourth-order valence-electron chi connectivity index (χ4n) is 9.33. The van der Waals surface area contributed by atoms with Gasteiger partial charge in [-0.05, 0) is 55.9 Å². The van der Waals surface area contributed by atoms with Crippen LogP contribution in [0.5, 0.6) is 0 Å². The molecular formula is C58H98N3O11PS. The van der Waals surface area contributed by atoms with Crippen LogP contribution in [-0.4, -0.2) is 136 Å². The minimum atomic E-state index is -3.18. The van der Waals surface area contributed by atoms with Crippen LogP contribution in [0.3, 0.4) is 0 Å². The standard InChI is InChI=1S/C58H98N3O11PS/c1-6-10-12-14-16-18-20-22-24-30-37-69-45-49(70-38-31-25-23-21-19-17-15-13-11-7-2)46-74-47-55(61(58(64)65)44-54-52-34-28-26-32-50(52)51-33-27-29-35-53(51)54)57(63)60-48(5)56(62)59-36-39-67-40-41-68-42-43-73(66,71-8-3)72-9-4/h26-29,32-35,48-49,54-55H,6-25,30-31,36-47H2,1-5H3,(H,59,62)(H,60,63)(H,64,65)/t48-,49+,55-/m0/s1. The Labute approximate surface area is 451 Å². The summed E-state index contributed by atoms with van der Waals surface area (Å²) in [4.78, 5) is 42.4. The van der Waals surface area contributed by atoms with Gasteiger partial charge in [-0.15, -0.1) is 0 Å². The van der Waals surface area contributed by atoms with Gasteiger partial charge in [0.15, 0.2) is 0 Å². The van der Waals surface area contributed by atoms with Gasteiger partial charge in [0.1, 0.15) is 12.1 Å². The normalized spacial score (nSPS) is 13.6. The average molecular weight is 1080 g/mol. The number of carboxylic acid groups (broad SMARTS) is 1. The van der Waals surface area contributed by atoms with E-state index < -0.39 is 37.6 Å². The molecular weight excluding hydrogens is 978 g/mol. The second kappa shape index (κ2) is 41.1. The minimum Gasteiger partial charge on any atom is -0.465 e. The molecule has 0 unspecified atom stereocenters. The largest absolute Gasteiger partial charge is 0.465 e. The molecule has 3 amide bonds. The fraction of sp³-hybridized carbons (Fsp3) is 0.741. The quantitative estimate of drug-likeness (QED) is 0.0424. The molecule has 0 saturated carbocycles. The van der Waals surface area contributed by atoms with Crippen molar-refractivity contribution in [1.82, 2.24) is 15.5 Å². The Hall–Kier alpha value is -3.01. The summed E-state index contributed by atoms with van der Waals surface area (Å²) in [5.74, 6) is -0.580. The molecule has 3 rings (SSSR count). The lowest BCUT2D eigenvalue weighted by atomic mass is 9.96. The molecule has 422 valence electrons. The van der Waals surface area contributed by atoms with Crippen molar-refractivity contribution >= 4 is 37.3 Å². The number of carbonyl (C=O) groups is 3. The lowest BCUT2D eigenvalue weighted by Gasteiger charge is -2.32. The molecule has 3 N–H and O–H groups in total. The maximum Gasteiger partial charge on any atom is 0.408 e. The molecule has 0 spiro atoms. The molecule has 1 aliphatic rings. The van der Waals surface area contributed by atoms with Crippen LogP contribution < -0.4 is 10.6 Å². The van der Waals surface area contributed by atoms with E-state index in [-0.39, 0.29) is 76.7 Å². The van der Waals surface area contributed by atoms with E-state index in [1.54, 1.807) is 20.8 Å². The van der Waals surface area contributed by atoms with Gasteiger partial charge in [0.2, 0.25) is 11.8 Å². The highest BCUT2D eigenvalue weighted by Crippen LogP contribution is 2.47. The van der Waals surface area contributed by atoms with Crippen molar-refractivity contribution in [3.05, 3.63) is 59.7 Å². The van der Waals surface area contributed by atoms with Crippen LogP contribution in [0.1, 0.15) is 180 Å². The van der Waals surface area contributed by atoms with Gasteiger partial charge in [0.05, 0.1) is 58.5 Å². The molecule has 0 heterocycles. The highest BCUT2D eigenvalue weighted by Gasteiger charge is 2.37. The van der Waals surface area contributed by atoms with Crippen molar-refractivity contribution in [2.75, 3.05) is 90.2 Å². The van der Waals surface area contributed by atoms with Crippen molar-refractivity contribution in [1.29, 1.82) is 0 Å². The van der Waals surface area contributed by atoms with E-state index in [2.05, 4.69) is 36.6 Å². The predicted octanol–water partition coefficient (Wildman–Crippen LogP) is 13.0. The molecule has 2 aromatic carbocycles. The van der Waals surface area contributed by atoms with E-state index in [1.807, 2.05) is 36.4 Å². The third kappa shape index (κ3) is 26.8. The Bertz CT molecular complexity index is 1790. The van der Waals surface area contributed by atoms with Crippen LogP contribution in [0.15, 0.2) is 48.5 Å². The molecule has 14 nitrogen and oxygen atoms in total. The number of amides is 3. The summed E-state index contributed by atoms with van der Waals surface area (Å²) in [5, 5.41) is 16.6. The molecule has 0 bridgehead atoms. The first-order valence-electron chi connectivity index (χ1n) is 28.6. The first-order chi connectivity index (χ1) is 36.1. The highest BCUT2D eigenvalue weighted by atomic mass is 32.2. The summed E-state index contributed by atoms with van der Waals surface area (Å²) in [6.07, 6.45) is 23.6. The van der Waals surface area contributed by atoms with Crippen LogP contribution in [0, 0.1) is 0 Å². The molecule has 0 radical (unpaired) electrons. The predicted molar refractivity (Wildman–Crippen MR) is 302 cm³/mol. The number of carbonyl (C=O) groups excluding carboxylic acids is 2. The molecule has 0 saturated heterocycles. The number of thioether (sulfide) groups is 1. The first-order valence-corrected chi connectivity index (χ1v) is 31.5. The van der Waals surface area contributed by atoms with Gasteiger partial charge in [-0.25, -0.2) is 4.79 Å².